The number of halogens is 2. The van der Waals surface area contributed by atoms with E-state index in [2.05, 4.69) is 15.9 Å². The Hall–Kier alpha value is -0.980. The van der Waals surface area contributed by atoms with Crippen LogP contribution in [0.5, 0.6) is 5.75 Å². The smallest absolute Gasteiger partial charge is 0.163 e. The van der Waals surface area contributed by atoms with Gasteiger partial charge in [0.1, 0.15) is 24.3 Å². The van der Waals surface area contributed by atoms with E-state index < -0.39 is 11.9 Å². The summed E-state index contributed by atoms with van der Waals surface area (Å²) >= 11 is 3.02. The molecule has 0 fully saturated rings. The molecule has 0 aliphatic heterocycles. The van der Waals surface area contributed by atoms with Gasteiger partial charge < -0.3 is 14.6 Å². The maximum absolute atomic E-state index is 13.5. The van der Waals surface area contributed by atoms with Crippen molar-refractivity contribution in [2.75, 3.05) is 13.2 Å². The minimum Gasteiger partial charge on any atom is -0.490 e. The topological polar surface area (TPSA) is 55.8 Å². The van der Waals surface area contributed by atoms with Crippen molar-refractivity contribution < 1.29 is 23.8 Å². The van der Waals surface area contributed by atoms with Gasteiger partial charge in [-0.3, -0.25) is 4.79 Å². The molecular weight excluding hydrogens is 331 g/mol. The summed E-state index contributed by atoms with van der Waals surface area (Å²) in [5.74, 6) is -0.659. The fourth-order valence-electron chi connectivity index (χ4n) is 1.46. The molecule has 4 nitrogen and oxygen atoms in total. The van der Waals surface area contributed by atoms with Crippen LogP contribution in [0.2, 0.25) is 0 Å². The number of carbonyl (C=O) groups excluding carboxylic acids is 1. The van der Waals surface area contributed by atoms with E-state index in [1.54, 1.807) is 0 Å². The highest BCUT2D eigenvalue weighted by Gasteiger charge is 2.15. The molecule has 0 radical (unpaired) electrons. The molecule has 0 aliphatic rings. The minimum absolute atomic E-state index is 0.00237. The van der Waals surface area contributed by atoms with Crippen molar-refractivity contribution in [3.63, 3.8) is 0 Å². The van der Waals surface area contributed by atoms with Crippen LogP contribution in [0.1, 0.15) is 31.1 Å². The maximum Gasteiger partial charge on any atom is 0.163 e. The first-order valence-corrected chi connectivity index (χ1v) is 7.03. The molecule has 0 saturated heterocycles. The van der Waals surface area contributed by atoms with Crippen LogP contribution in [-0.2, 0) is 4.74 Å². The van der Waals surface area contributed by atoms with Gasteiger partial charge in [0, 0.05) is 6.07 Å². The molecule has 0 bridgehead atoms. The number of hydrogen-bond donors (Lipinski definition) is 1. The number of hydrogen-bond acceptors (Lipinski definition) is 4. The van der Waals surface area contributed by atoms with Crippen LogP contribution in [0.4, 0.5) is 4.39 Å². The van der Waals surface area contributed by atoms with Crippen LogP contribution in [0.15, 0.2) is 16.6 Å². The first kappa shape index (κ1) is 17.1. The summed E-state index contributed by atoms with van der Waals surface area (Å²) in [7, 11) is 0. The summed E-state index contributed by atoms with van der Waals surface area (Å²) in [6.45, 7) is 5.11. The molecular formula is C14H18BrFO4. The van der Waals surface area contributed by atoms with Gasteiger partial charge in [0.15, 0.2) is 5.78 Å². The summed E-state index contributed by atoms with van der Waals surface area (Å²) in [5.41, 5.74) is 0.259. The number of rotatable bonds is 7. The number of carbonyl (C=O) groups is 1. The zero-order valence-electron chi connectivity index (χ0n) is 11.7. The molecule has 0 aliphatic carbocycles. The number of benzene rings is 1. The van der Waals surface area contributed by atoms with Crippen molar-refractivity contribution in [3.8, 4) is 5.75 Å². The molecule has 1 aromatic carbocycles. The highest BCUT2D eigenvalue weighted by Crippen LogP contribution is 2.27. The van der Waals surface area contributed by atoms with E-state index >= 15 is 0 Å². The summed E-state index contributed by atoms with van der Waals surface area (Å²) in [4.78, 5) is 11.5. The second-order valence-electron chi connectivity index (χ2n) is 4.67. The van der Waals surface area contributed by atoms with Crippen LogP contribution in [0, 0.1) is 5.82 Å². The van der Waals surface area contributed by atoms with E-state index in [4.69, 9.17) is 9.47 Å². The Balaban J connectivity index is 2.72. The number of ether oxygens (including phenoxy) is 2. The molecule has 1 aromatic rings. The van der Waals surface area contributed by atoms with E-state index in [0.717, 1.165) is 6.07 Å². The quantitative estimate of drug-likeness (QED) is 0.769. The molecule has 0 spiro atoms. The fraction of sp³-hybridized carbons (Fsp3) is 0.500. The van der Waals surface area contributed by atoms with Gasteiger partial charge in [-0.2, -0.15) is 0 Å². The molecule has 6 heteroatoms. The largest absolute Gasteiger partial charge is 0.490 e. The molecule has 1 atom stereocenters. The van der Waals surface area contributed by atoms with Crippen molar-refractivity contribution in [2.24, 2.45) is 0 Å². The normalized spacial score (nSPS) is 12.6. The third-order valence-electron chi connectivity index (χ3n) is 2.45. The van der Waals surface area contributed by atoms with Crippen LogP contribution in [0.3, 0.4) is 0 Å². The van der Waals surface area contributed by atoms with Gasteiger partial charge in [-0.25, -0.2) is 4.39 Å². The second kappa shape index (κ2) is 7.71. The molecule has 0 amide bonds. The predicted octanol–water partition coefficient (Wildman–Crippen LogP) is 2.96. The van der Waals surface area contributed by atoms with E-state index in [1.807, 2.05) is 13.8 Å². The average Bonchev–Trinajstić information content (AvgIpc) is 2.36. The van der Waals surface area contributed by atoms with E-state index in [-0.39, 0.29) is 40.9 Å². The lowest BCUT2D eigenvalue weighted by molar-refractivity contribution is -0.0124. The van der Waals surface area contributed by atoms with Gasteiger partial charge in [0.25, 0.3) is 0 Å². The Labute approximate surface area is 126 Å². The Kier molecular flexibility index (Phi) is 6.58. The van der Waals surface area contributed by atoms with Gasteiger partial charge in [-0.05, 0) is 42.8 Å². The Bertz CT molecular complexity index is 476. The van der Waals surface area contributed by atoms with Crippen molar-refractivity contribution in [3.05, 3.63) is 28.0 Å². The average molecular weight is 349 g/mol. The third kappa shape index (κ3) is 5.19. The molecule has 112 valence electrons. The lowest BCUT2D eigenvalue weighted by Crippen LogP contribution is -2.25. The van der Waals surface area contributed by atoms with Crippen LogP contribution < -0.4 is 4.74 Å². The second-order valence-corrected chi connectivity index (χ2v) is 5.52. The highest BCUT2D eigenvalue weighted by molar-refractivity contribution is 9.10. The minimum atomic E-state index is -0.844. The third-order valence-corrected chi connectivity index (χ3v) is 3.06. The fourth-order valence-corrected chi connectivity index (χ4v) is 1.80. The monoisotopic (exact) mass is 348 g/mol. The van der Waals surface area contributed by atoms with Gasteiger partial charge in [-0.1, -0.05) is 0 Å². The predicted molar refractivity (Wildman–Crippen MR) is 76.7 cm³/mol. The Morgan fingerprint density at radius 3 is 2.60 bits per heavy atom. The maximum atomic E-state index is 13.5. The molecule has 0 saturated carbocycles. The van der Waals surface area contributed by atoms with Gasteiger partial charge in [0.05, 0.1) is 22.7 Å². The zero-order valence-corrected chi connectivity index (χ0v) is 13.2. The standard InChI is InChI=1S/C14H18BrFO4/c1-8(2)19-6-10(18)7-20-14-5-13(16)12(15)4-11(14)9(3)17/h4-5,8,10,18H,6-7H2,1-3H3. The van der Waals surface area contributed by atoms with E-state index in [0.29, 0.717) is 0 Å². The first-order chi connectivity index (χ1) is 9.31. The number of ketones is 1. The van der Waals surface area contributed by atoms with Crippen LogP contribution >= 0.6 is 15.9 Å². The molecule has 1 rings (SSSR count). The summed E-state index contributed by atoms with van der Waals surface area (Å²) < 4.78 is 24.2. The molecule has 0 heterocycles. The number of aliphatic hydroxyl groups is 1. The summed E-state index contributed by atoms with van der Waals surface area (Å²) in [5, 5.41) is 9.67. The number of Topliss-reactive ketones (excluding diaryl/α,β-unsaturated/α-hetero) is 1. The van der Waals surface area contributed by atoms with Crippen molar-refractivity contribution in [1.29, 1.82) is 0 Å². The molecule has 1 unspecified atom stereocenters. The highest BCUT2D eigenvalue weighted by atomic mass is 79.9. The summed E-state index contributed by atoms with van der Waals surface area (Å²) in [6, 6.07) is 2.49. The van der Waals surface area contributed by atoms with Gasteiger partial charge >= 0.3 is 0 Å². The Morgan fingerprint density at radius 2 is 2.05 bits per heavy atom. The van der Waals surface area contributed by atoms with Crippen molar-refractivity contribution >= 4 is 21.7 Å². The Morgan fingerprint density at radius 1 is 1.40 bits per heavy atom. The van der Waals surface area contributed by atoms with Crippen molar-refractivity contribution in [1.82, 2.24) is 0 Å². The van der Waals surface area contributed by atoms with Gasteiger partial charge in [0.2, 0.25) is 0 Å². The molecule has 0 aromatic heterocycles. The SMILES string of the molecule is CC(=O)c1cc(Br)c(F)cc1OCC(O)COC(C)C. The van der Waals surface area contributed by atoms with Gasteiger partial charge in [-0.15, -0.1) is 0 Å². The molecule has 20 heavy (non-hydrogen) atoms. The zero-order chi connectivity index (χ0) is 15.3. The van der Waals surface area contributed by atoms with Crippen LogP contribution in [0.25, 0.3) is 0 Å². The lowest BCUT2D eigenvalue weighted by Gasteiger charge is -2.16. The van der Waals surface area contributed by atoms with Crippen LogP contribution in [-0.4, -0.2) is 36.3 Å². The first-order valence-electron chi connectivity index (χ1n) is 6.23. The van der Waals surface area contributed by atoms with Crippen molar-refractivity contribution in [2.45, 2.75) is 33.0 Å². The number of aliphatic hydroxyl groups excluding tert-OH is 1. The lowest BCUT2D eigenvalue weighted by atomic mass is 10.1. The summed E-state index contributed by atoms with van der Waals surface area (Å²) in [6.07, 6.45) is -0.841. The molecule has 1 N–H and O–H groups in total. The van der Waals surface area contributed by atoms with E-state index in [1.165, 1.54) is 13.0 Å². The van der Waals surface area contributed by atoms with E-state index in [9.17, 15) is 14.3 Å².